The number of esters is 1. The molecule has 0 bridgehead atoms. The SMILES string of the molecule is CCOC(=O)C1=C(C)NC(SCc2cccc(C(=O)O)c2)=N[C@H]1c1ccccc1OC. The summed E-state index contributed by atoms with van der Waals surface area (Å²) in [5.41, 5.74) is 2.96. The summed E-state index contributed by atoms with van der Waals surface area (Å²) in [6.45, 7) is 3.84. The molecular formula is C23H24N2O5S. The van der Waals surface area contributed by atoms with E-state index >= 15 is 0 Å². The van der Waals surface area contributed by atoms with Crippen molar-refractivity contribution in [3.8, 4) is 5.75 Å². The molecular weight excluding hydrogens is 416 g/mol. The van der Waals surface area contributed by atoms with Crippen LogP contribution >= 0.6 is 11.8 Å². The van der Waals surface area contributed by atoms with E-state index in [1.807, 2.05) is 37.3 Å². The average molecular weight is 441 g/mol. The molecule has 31 heavy (non-hydrogen) atoms. The Morgan fingerprint density at radius 3 is 2.68 bits per heavy atom. The van der Waals surface area contributed by atoms with Crippen molar-refractivity contribution >= 4 is 28.9 Å². The van der Waals surface area contributed by atoms with E-state index in [0.717, 1.165) is 11.1 Å². The Hall–Kier alpha value is -3.26. The Morgan fingerprint density at radius 1 is 1.19 bits per heavy atom. The van der Waals surface area contributed by atoms with Crippen LogP contribution in [0.5, 0.6) is 5.75 Å². The van der Waals surface area contributed by atoms with Crippen molar-refractivity contribution in [3.63, 3.8) is 0 Å². The second-order valence-electron chi connectivity index (χ2n) is 6.76. The minimum absolute atomic E-state index is 0.240. The molecule has 1 aliphatic heterocycles. The normalized spacial score (nSPS) is 15.7. The van der Waals surface area contributed by atoms with Crippen molar-refractivity contribution in [1.29, 1.82) is 0 Å². The van der Waals surface area contributed by atoms with Gasteiger partial charge < -0.3 is 19.9 Å². The number of nitrogens with zero attached hydrogens (tertiary/aromatic N) is 1. The lowest BCUT2D eigenvalue weighted by Gasteiger charge is -2.26. The van der Waals surface area contributed by atoms with Crippen LogP contribution in [0.2, 0.25) is 0 Å². The number of allylic oxidation sites excluding steroid dienone is 1. The lowest BCUT2D eigenvalue weighted by Crippen LogP contribution is -2.30. The summed E-state index contributed by atoms with van der Waals surface area (Å²) in [6, 6.07) is 13.6. The number of hydrogen-bond acceptors (Lipinski definition) is 7. The molecule has 1 heterocycles. The van der Waals surface area contributed by atoms with Gasteiger partial charge in [-0.15, -0.1) is 0 Å². The minimum Gasteiger partial charge on any atom is -0.496 e. The van der Waals surface area contributed by atoms with Crippen LogP contribution in [0, 0.1) is 0 Å². The number of carboxylic acid groups (broad SMARTS) is 1. The number of hydrogen-bond donors (Lipinski definition) is 2. The number of rotatable bonds is 7. The maximum absolute atomic E-state index is 12.7. The number of carboxylic acids is 1. The van der Waals surface area contributed by atoms with Gasteiger partial charge in [-0.25, -0.2) is 14.6 Å². The summed E-state index contributed by atoms with van der Waals surface area (Å²) in [5, 5.41) is 13.0. The van der Waals surface area contributed by atoms with Gasteiger partial charge in [0.1, 0.15) is 11.8 Å². The number of aromatic carboxylic acids is 1. The van der Waals surface area contributed by atoms with Gasteiger partial charge in [0.15, 0.2) is 5.17 Å². The van der Waals surface area contributed by atoms with Gasteiger partial charge >= 0.3 is 11.9 Å². The second kappa shape index (κ2) is 10.2. The van der Waals surface area contributed by atoms with E-state index in [0.29, 0.717) is 27.9 Å². The number of aliphatic imine (C=N–C) groups is 1. The molecule has 0 radical (unpaired) electrons. The third kappa shape index (κ3) is 5.27. The summed E-state index contributed by atoms with van der Waals surface area (Å²) in [7, 11) is 1.58. The van der Waals surface area contributed by atoms with Gasteiger partial charge in [0, 0.05) is 17.0 Å². The first-order valence-electron chi connectivity index (χ1n) is 9.75. The highest BCUT2D eigenvalue weighted by atomic mass is 32.2. The molecule has 8 heteroatoms. The molecule has 2 aromatic carbocycles. The largest absolute Gasteiger partial charge is 0.496 e. The highest BCUT2D eigenvalue weighted by molar-refractivity contribution is 8.13. The van der Waals surface area contributed by atoms with E-state index in [1.165, 1.54) is 11.8 Å². The van der Waals surface area contributed by atoms with E-state index in [2.05, 4.69) is 5.32 Å². The predicted molar refractivity (Wildman–Crippen MR) is 120 cm³/mol. The molecule has 0 aromatic heterocycles. The van der Waals surface area contributed by atoms with Crippen molar-refractivity contribution in [2.75, 3.05) is 13.7 Å². The van der Waals surface area contributed by atoms with Crippen molar-refractivity contribution in [3.05, 3.63) is 76.5 Å². The van der Waals surface area contributed by atoms with E-state index in [4.69, 9.17) is 14.5 Å². The lowest BCUT2D eigenvalue weighted by molar-refractivity contribution is -0.138. The third-order valence-electron chi connectivity index (χ3n) is 4.70. The predicted octanol–water partition coefficient (Wildman–Crippen LogP) is 4.16. The summed E-state index contributed by atoms with van der Waals surface area (Å²) < 4.78 is 10.8. The van der Waals surface area contributed by atoms with E-state index in [1.54, 1.807) is 32.2 Å². The molecule has 0 amide bonds. The Balaban J connectivity index is 1.91. The molecule has 0 saturated heterocycles. The summed E-state index contributed by atoms with van der Waals surface area (Å²) in [6.07, 6.45) is 0. The van der Waals surface area contributed by atoms with Crippen LogP contribution in [0.4, 0.5) is 0 Å². The van der Waals surface area contributed by atoms with Gasteiger partial charge in [0.05, 0.1) is 24.9 Å². The number of methoxy groups -OCH3 is 1. The molecule has 1 atom stereocenters. The Bertz CT molecular complexity index is 1050. The van der Waals surface area contributed by atoms with Gasteiger partial charge in [0.2, 0.25) is 0 Å². The van der Waals surface area contributed by atoms with Gasteiger partial charge in [-0.05, 0) is 37.6 Å². The van der Waals surface area contributed by atoms with Crippen LogP contribution in [0.1, 0.15) is 41.4 Å². The highest BCUT2D eigenvalue weighted by Gasteiger charge is 2.32. The van der Waals surface area contributed by atoms with Gasteiger partial charge in [-0.2, -0.15) is 0 Å². The zero-order valence-corrected chi connectivity index (χ0v) is 18.4. The average Bonchev–Trinajstić information content (AvgIpc) is 2.77. The number of amidine groups is 1. The molecule has 2 N–H and O–H groups in total. The van der Waals surface area contributed by atoms with Crippen LogP contribution in [-0.4, -0.2) is 35.9 Å². The topological polar surface area (TPSA) is 97.2 Å². The van der Waals surface area contributed by atoms with E-state index in [9.17, 15) is 14.7 Å². The van der Waals surface area contributed by atoms with Crippen molar-refractivity contribution < 1.29 is 24.2 Å². The molecule has 0 fully saturated rings. The fourth-order valence-corrected chi connectivity index (χ4v) is 4.15. The van der Waals surface area contributed by atoms with Crippen LogP contribution in [0.25, 0.3) is 0 Å². The van der Waals surface area contributed by atoms with Crippen molar-refractivity contribution in [1.82, 2.24) is 5.32 Å². The van der Waals surface area contributed by atoms with Crippen LogP contribution < -0.4 is 10.1 Å². The highest BCUT2D eigenvalue weighted by Crippen LogP contribution is 2.37. The molecule has 7 nitrogen and oxygen atoms in total. The van der Waals surface area contributed by atoms with Gasteiger partial charge in [0.25, 0.3) is 0 Å². The molecule has 0 unspecified atom stereocenters. The molecule has 162 valence electrons. The van der Waals surface area contributed by atoms with Crippen LogP contribution in [0.3, 0.4) is 0 Å². The fraction of sp³-hybridized carbons (Fsp3) is 0.261. The molecule has 3 rings (SSSR count). The summed E-state index contributed by atoms with van der Waals surface area (Å²) in [4.78, 5) is 28.7. The maximum Gasteiger partial charge on any atom is 0.338 e. The Morgan fingerprint density at radius 2 is 1.97 bits per heavy atom. The van der Waals surface area contributed by atoms with Gasteiger partial charge in [-0.3, -0.25) is 0 Å². The number of para-hydroxylation sites is 1. The summed E-state index contributed by atoms with van der Waals surface area (Å²) in [5.74, 6) is -0.237. The molecule has 0 saturated carbocycles. The third-order valence-corrected chi connectivity index (χ3v) is 5.66. The first-order chi connectivity index (χ1) is 14.9. The number of thioether (sulfide) groups is 1. The number of ether oxygens (including phenoxy) is 2. The van der Waals surface area contributed by atoms with E-state index in [-0.39, 0.29) is 12.2 Å². The zero-order chi connectivity index (χ0) is 22.4. The standard InChI is InChI=1S/C23H24N2O5S/c1-4-30-22(28)19-14(2)24-23(25-20(19)17-10-5-6-11-18(17)29-3)31-13-15-8-7-9-16(12-15)21(26)27/h5-12,20H,4,13H2,1-3H3,(H,24,25)(H,26,27)/t20-/m0/s1. The van der Waals surface area contributed by atoms with Crippen molar-refractivity contribution in [2.45, 2.75) is 25.6 Å². The maximum atomic E-state index is 12.7. The van der Waals surface area contributed by atoms with Gasteiger partial charge in [-0.1, -0.05) is 42.1 Å². The second-order valence-corrected chi connectivity index (χ2v) is 7.72. The number of nitrogens with one attached hydrogen (secondary N) is 1. The Kier molecular flexibility index (Phi) is 7.36. The first kappa shape index (κ1) is 22.4. The molecule has 0 aliphatic carbocycles. The van der Waals surface area contributed by atoms with Crippen LogP contribution in [0.15, 0.2) is 64.8 Å². The zero-order valence-electron chi connectivity index (χ0n) is 17.5. The summed E-state index contributed by atoms with van der Waals surface area (Å²) >= 11 is 1.43. The number of benzene rings is 2. The molecule has 2 aromatic rings. The fourth-order valence-electron chi connectivity index (χ4n) is 3.26. The minimum atomic E-state index is -0.964. The smallest absolute Gasteiger partial charge is 0.338 e. The first-order valence-corrected chi connectivity index (χ1v) is 10.7. The quantitative estimate of drug-likeness (QED) is 0.624. The van der Waals surface area contributed by atoms with Crippen LogP contribution in [-0.2, 0) is 15.3 Å². The molecule has 1 aliphatic rings. The molecule has 0 spiro atoms. The monoisotopic (exact) mass is 440 g/mol. The van der Waals surface area contributed by atoms with Crippen molar-refractivity contribution in [2.24, 2.45) is 4.99 Å². The number of carbonyl (C=O) groups excluding carboxylic acids is 1. The number of carbonyl (C=O) groups is 2. The lowest BCUT2D eigenvalue weighted by atomic mass is 9.96. The Labute approximate surface area is 185 Å². The van der Waals surface area contributed by atoms with E-state index < -0.39 is 18.0 Å².